The Morgan fingerprint density at radius 1 is 1.00 bits per heavy atom. The van der Waals surface area contributed by atoms with Crippen LogP contribution in [0.25, 0.3) is 0 Å². The second kappa shape index (κ2) is 11.6. The number of piperazine rings is 1. The number of carbonyl (C=O) groups excluding carboxylic acids is 1. The van der Waals surface area contributed by atoms with Crippen LogP contribution in [0.15, 0.2) is 53.4 Å². The van der Waals surface area contributed by atoms with Crippen LogP contribution in [0.3, 0.4) is 0 Å². The largest absolute Gasteiger partial charge is 0.384 e. The molecule has 0 radical (unpaired) electrons. The lowest BCUT2D eigenvalue weighted by Crippen LogP contribution is -2.48. The van der Waals surface area contributed by atoms with Crippen LogP contribution in [0.1, 0.15) is 42.7 Å². The van der Waals surface area contributed by atoms with E-state index in [2.05, 4.69) is 65.4 Å². The first-order chi connectivity index (χ1) is 15.0. The van der Waals surface area contributed by atoms with Crippen LogP contribution in [0, 0.1) is 0 Å². The molecule has 0 aromatic heterocycles. The minimum Gasteiger partial charge on any atom is -0.384 e. The van der Waals surface area contributed by atoms with Gasteiger partial charge in [-0.2, -0.15) is 0 Å². The molecule has 5 nitrogen and oxygen atoms in total. The molecule has 1 heterocycles. The molecule has 1 aliphatic heterocycles. The summed E-state index contributed by atoms with van der Waals surface area (Å²) in [5, 5.41) is 3.12. The van der Waals surface area contributed by atoms with Crippen LogP contribution < -0.4 is 10.2 Å². The van der Waals surface area contributed by atoms with E-state index >= 15 is 0 Å². The highest BCUT2D eigenvalue weighted by Crippen LogP contribution is 2.22. The highest BCUT2D eigenvalue weighted by atomic mass is 32.2. The molecule has 31 heavy (non-hydrogen) atoms. The molecule has 0 bridgehead atoms. The van der Waals surface area contributed by atoms with Gasteiger partial charge in [0.1, 0.15) is 0 Å². The van der Waals surface area contributed by atoms with E-state index in [0.717, 1.165) is 44.1 Å². The quantitative estimate of drug-likeness (QED) is 0.460. The maximum atomic E-state index is 12.7. The van der Waals surface area contributed by atoms with Gasteiger partial charge in [-0.25, -0.2) is 0 Å². The summed E-state index contributed by atoms with van der Waals surface area (Å²) in [5.41, 5.74) is 2.99. The first kappa shape index (κ1) is 23.6. The van der Waals surface area contributed by atoms with Gasteiger partial charge in [0.25, 0.3) is 5.91 Å². The Morgan fingerprint density at radius 3 is 2.23 bits per heavy atom. The first-order valence-corrected chi connectivity index (χ1v) is 12.1. The summed E-state index contributed by atoms with van der Waals surface area (Å²) in [5.74, 6) is 0.896. The predicted octanol–water partition coefficient (Wildman–Crippen LogP) is 4.45. The number of methoxy groups -OCH3 is 1. The van der Waals surface area contributed by atoms with Crippen LogP contribution in [-0.4, -0.2) is 62.5 Å². The smallest absolute Gasteiger partial charge is 0.251 e. The Kier molecular flexibility index (Phi) is 8.81. The minimum absolute atomic E-state index is 0.0396. The molecule has 0 saturated carbocycles. The summed E-state index contributed by atoms with van der Waals surface area (Å²) in [4.78, 5) is 18.8. The lowest BCUT2D eigenvalue weighted by atomic mass is 10.1. The molecule has 1 aliphatic rings. The average molecular weight is 442 g/mol. The van der Waals surface area contributed by atoms with Gasteiger partial charge in [0.2, 0.25) is 0 Å². The van der Waals surface area contributed by atoms with Crippen LogP contribution in [0.4, 0.5) is 5.69 Å². The SMILES string of the molecule is COCCSc1ccc(C(C)NC(=O)c2ccc(N3CCN(C(C)C)CC3)cc2)cc1. The summed E-state index contributed by atoms with van der Waals surface area (Å²) in [6.45, 7) is 11.5. The fraction of sp³-hybridized carbons (Fsp3) is 0.480. The number of hydrogen-bond acceptors (Lipinski definition) is 5. The van der Waals surface area contributed by atoms with E-state index in [-0.39, 0.29) is 11.9 Å². The normalized spacial score (nSPS) is 15.8. The standard InChI is InChI=1S/C25H35N3O2S/c1-19(2)27-13-15-28(16-14-27)23-9-5-22(6-10-23)25(29)26-20(3)21-7-11-24(12-8-21)31-18-17-30-4/h5-12,19-20H,13-18H2,1-4H3,(H,26,29). The monoisotopic (exact) mass is 441 g/mol. The van der Waals surface area contributed by atoms with E-state index in [0.29, 0.717) is 11.6 Å². The number of carbonyl (C=O) groups is 1. The van der Waals surface area contributed by atoms with E-state index in [1.807, 2.05) is 19.1 Å². The number of nitrogens with one attached hydrogen (secondary N) is 1. The molecular formula is C25H35N3O2S. The van der Waals surface area contributed by atoms with Crippen molar-refractivity contribution in [2.45, 2.75) is 37.8 Å². The zero-order valence-electron chi connectivity index (χ0n) is 19.1. The van der Waals surface area contributed by atoms with Gasteiger partial charge in [-0.1, -0.05) is 12.1 Å². The van der Waals surface area contributed by atoms with Crippen molar-refractivity contribution in [3.63, 3.8) is 0 Å². The van der Waals surface area contributed by atoms with Crippen LogP contribution in [0.2, 0.25) is 0 Å². The highest BCUT2D eigenvalue weighted by molar-refractivity contribution is 7.99. The van der Waals surface area contributed by atoms with E-state index < -0.39 is 0 Å². The lowest BCUT2D eigenvalue weighted by molar-refractivity contribution is 0.0940. The molecule has 2 aromatic carbocycles. The van der Waals surface area contributed by atoms with Crippen LogP contribution >= 0.6 is 11.8 Å². The fourth-order valence-corrected chi connectivity index (χ4v) is 4.59. The molecule has 0 aliphatic carbocycles. The van der Waals surface area contributed by atoms with Gasteiger partial charge in [-0.3, -0.25) is 9.69 Å². The summed E-state index contributed by atoms with van der Waals surface area (Å²) < 4.78 is 5.09. The van der Waals surface area contributed by atoms with Gasteiger partial charge in [0.05, 0.1) is 12.6 Å². The number of hydrogen-bond donors (Lipinski definition) is 1. The van der Waals surface area contributed by atoms with Crippen molar-refractivity contribution >= 4 is 23.4 Å². The number of ether oxygens (including phenoxy) is 1. The summed E-state index contributed by atoms with van der Waals surface area (Å²) in [7, 11) is 1.72. The third-order valence-corrected chi connectivity index (χ3v) is 6.80. The van der Waals surface area contributed by atoms with Gasteiger partial charge in [0.15, 0.2) is 0 Å². The molecule has 1 unspecified atom stereocenters. The number of anilines is 1. The Labute approximate surface area is 191 Å². The molecule has 1 N–H and O–H groups in total. The van der Waals surface area contributed by atoms with Gasteiger partial charge < -0.3 is 15.0 Å². The first-order valence-electron chi connectivity index (χ1n) is 11.1. The second-order valence-corrected chi connectivity index (χ2v) is 9.44. The number of thioether (sulfide) groups is 1. The van der Waals surface area contributed by atoms with E-state index in [4.69, 9.17) is 4.74 Å². The second-order valence-electron chi connectivity index (χ2n) is 8.27. The maximum Gasteiger partial charge on any atom is 0.251 e. The van der Waals surface area contributed by atoms with Gasteiger partial charge in [-0.15, -0.1) is 11.8 Å². The van der Waals surface area contributed by atoms with Crippen LogP contribution in [-0.2, 0) is 4.74 Å². The number of benzene rings is 2. The third kappa shape index (κ3) is 6.73. The van der Waals surface area contributed by atoms with Crippen molar-refractivity contribution in [1.82, 2.24) is 10.2 Å². The van der Waals surface area contributed by atoms with Crippen molar-refractivity contribution in [2.24, 2.45) is 0 Å². The molecule has 6 heteroatoms. The van der Waals surface area contributed by atoms with Gasteiger partial charge >= 0.3 is 0 Å². The Bertz CT molecular complexity index is 816. The fourth-order valence-electron chi connectivity index (χ4n) is 3.78. The summed E-state index contributed by atoms with van der Waals surface area (Å²) in [6.07, 6.45) is 0. The average Bonchev–Trinajstić information content (AvgIpc) is 2.80. The third-order valence-electron chi connectivity index (χ3n) is 5.82. The Morgan fingerprint density at radius 2 is 1.65 bits per heavy atom. The van der Waals surface area contributed by atoms with Gasteiger partial charge in [-0.05, 0) is 62.7 Å². The van der Waals surface area contributed by atoms with E-state index in [1.165, 1.54) is 10.6 Å². The van der Waals surface area contributed by atoms with Gasteiger partial charge in [0, 0.05) is 61.2 Å². The number of amides is 1. The number of nitrogens with zero attached hydrogens (tertiary/aromatic N) is 2. The topological polar surface area (TPSA) is 44.8 Å². The zero-order chi connectivity index (χ0) is 22.2. The minimum atomic E-state index is -0.0469. The van der Waals surface area contributed by atoms with E-state index in [1.54, 1.807) is 18.9 Å². The maximum absolute atomic E-state index is 12.7. The predicted molar refractivity (Wildman–Crippen MR) is 130 cm³/mol. The molecule has 0 spiro atoms. The molecule has 1 amide bonds. The van der Waals surface area contributed by atoms with E-state index in [9.17, 15) is 4.79 Å². The van der Waals surface area contributed by atoms with Crippen molar-refractivity contribution in [1.29, 1.82) is 0 Å². The molecule has 1 atom stereocenters. The number of rotatable bonds is 9. The van der Waals surface area contributed by atoms with Crippen molar-refractivity contribution < 1.29 is 9.53 Å². The molecule has 1 saturated heterocycles. The van der Waals surface area contributed by atoms with Crippen molar-refractivity contribution in [3.8, 4) is 0 Å². The van der Waals surface area contributed by atoms with Crippen molar-refractivity contribution in [3.05, 3.63) is 59.7 Å². The van der Waals surface area contributed by atoms with Crippen LogP contribution in [0.5, 0.6) is 0 Å². The molecular weight excluding hydrogens is 406 g/mol. The molecule has 3 rings (SSSR count). The Balaban J connectivity index is 1.52. The molecule has 2 aromatic rings. The summed E-state index contributed by atoms with van der Waals surface area (Å²) in [6, 6.07) is 16.9. The summed E-state index contributed by atoms with van der Waals surface area (Å²) >= 11 is 1.77. The van der Waals surface area contributed by atoms with Crippen molar-refractivity contribution in [2.75, 3.05) is 50.5 Å². The zero-order valence-corrected chi connectivity index (χ0v) is 20.0. The highest BCUT2D eigenvalue weighted by Gasteiger charge is 2.19. The Hall–Kier alpha value is -2.02. The molecule has 1 fully saturated rings. The molecule has 168 valence electrons. The lowest BCUT2D eigenvalue weighted by Gasteiger charge is -2.38.